The zero-order chi connectivity index (χ0) is 12.8. The van der Waals surface area contributed by atoms with Crippen LogP contribution in [0.25, 0.3) is 0 Å². The number of H-pyrrole nitrogens is 1. The molecule has 1 aromatic heterocycles. The van der Waals surface area contributed by atoms with Crippen molar-refractivity contribution in [1.82, 2.24) is 15.1 Å². The highest BCUT2D eigenvalue weighted by molar-refractivity contribution is 5.84. The van der Waals surface area contributed by atoms with Crippen LogP contribution in [0.4, 0.5) is 0 Å². The lowest BCUT2D eigenvalue weighted by Crippen LogP contribution is -2.29. The summed E-state index contributed by atoms with van der Waals surface area (Å²) in [7, 11) is 1.86. The summed E-state index contributed by atoms with van der Waals surface area (Å²) >= 11 is 0. The third-order valence-electron chi connectivity index (χ3n) is 4.62. The number of carbonyl (C=O) groups excluding carboxylic acids is 1. The molecule has 0 unspecified atom stereocenters. The Bertz CT molecular complexity index is 406. The number of nitrogens with one attached hydrogen (secondary N) is 1. The van der Waals surface area contributed by atoms with Gasteiger partial charge < -0.3 is 4.90 Å². The van der Waals surface area contributed by atoms with Gasteiger partial charge in [0, 0.05) is 31.3 Å². The molecule has 0 saturated heterocycles. The van der Waals surface area contributed by atoms with Crippen molar-refractivity contribution in [2.75, 3.05) is 7.05 Å². The van der Waals surface area contributed by atoms with Crippen LogP contribution < -0.4 is 0 Å². The molecule has 2 rings (SSSR count). The van der Waals surface area contributed by atoms with Crippen molar-refractivity contribution in [3.63, 3.8) is 0 Å². The molecule has 4 heteroatoms. The highest BCUT2D eigenvalue weighted by Gasteiger charge is 2.68. The monoisotopic (exact) mass is 235 g/mol. The molecule has 4 nitrogen and oxygen atoms in total. The predicted octanol–water partition coefficient (Wildman–Crippen LogP) is 2.05. The van der Waals surface area contributed by atoms with Crippen LogP contribution in [0.2, 0.25) is 0 Å². The Hall–Kier alpha value is -1.32. The van der Waals surface area contributed by atoms with Crippen LogP contribution in [-0.4, -0.2) is 28.1 Å². The van der Waals surface area contributed by atoms with Gasteiger partial charge in [-0.15, -0.1) is 0 Å². The highest BCUT2D eigenvalue weighted by Crippen LogP contribution is 2.68. The number of aromatic nitrogens is 2. The van der Waals surface area contributed by atoms with Gasteiger partial charge >= 0.3 is 0 Å². The zero-order valence-corrected chi connectivity index (χ0v) is 11.2. The van der Waals surface area contributed by atoms with Gasteiger partial charge in [-0.05, 0) is 10.8 Å². The number of hydrogen-bond acceptors (Lipinski definition) is 2. The normalized spacial score (nSPS) is 21.2. The van der Waals surface area contributed by atoms with Crippen molar-refractivity contribution in [2.24, 2.45) is 16.7 Å². The topological polar surface area (TPSA) is 49.0 Å². The summed E-state index contributed by atoms with van der Waals surface area (Å²) in [6, 6.07) is 0. The van der Waals surface area contributed by atoms with Crippen LogP contribution in [0.5, 0.6) is 0 Å². The zero-order valence-electron chi connectivity index (χ0n) is 11.2. The standard InChI is InChI=1S/C13H21N3O/c1-12(2)10(13(12,3)4)11(17)16(5)8-9-6-14-15-7-9/h6-7,10H,8H2,1-5H3,(H,14,15). The minimum absolute atomic E-state index is 0.106. The van der Waals surface area contributed by atoms with Crippen molar-refractivity contribution in [2.45, 2.75) is 34.2 Å². The molecule has 17 heavy (non-hydrogen) atoms. The predicted molar refractivity (Wildman–Crippen MR) is 66.1 cm³/mol. The Labute approximate surface area is 102 Å². The number of nitrogens with zero attached hydrogens (tertiary/aromatic N) is 2. The molecule has 1 aromatic rings. The van der Waals surface area contributed by atoms with Crippen molar-refractivity contribution < 1.29 is 4.79 Å². The third-order valence-corrected chi connectivity index (χ3v) is 4.62. The minimum Gasteiger partial charge on any atom is -0.341 e. The number of aromatic amines is 1. The molecular weight excluding hydrogens is 214 g/mol. The van der Waals surface area contributed by atoms with Crippen LogP contribution >= 0.6 is 0 Å². The molecule has 0 aromatic carbocycles. The fourth-order valence-corrected chi connectivity index (χ4v) is 2.75. The summed E-state index contributed by atoms with van der Waals surface area (Å²) in [6.07, 6.45) is 3.58. The van der Waals surface area contributed by atoms with Gasteiger partial charge in [0.05, 0.1) is 6.20 Å². The van der Waals surface area contributed by atoms with Crippen molar-refractivity contribution in [3.05, 3.63) is 18.0 Å². The van der Waals surface area contributed by atoms with E-state index >= 15 is 0 Å². The van der Waals surface area contributed by atoms with Gasteiger partial charge in [0.1, 0.15) is 0 Å². The number of carbonyl (C=O) groups is 1. The van der Waals surface area contributed by atoms with Crippen molar-refractivity contribution >= 4 is 5.91 Å². The maximum atomic E-state index is 12.4. The molecule has 0 atom stereocenters. The van der Waals surface area contributed by atoms with Gasteiger partial charge in [-0.1, -0.05) is 27.7 Å². The first kappa shape index (κ1) is 12.1. The maximum Gasteiger partial charge on any atom is 0.226 e. The molecular formula is C13H21N3O. The molecule has 1 N–H and O–H groups in total. The smallest absolute Gasteiger partial charge is 0.226 e. The average Bonchev–Trinajstić information content (AvgIpc) is 2.61. The average molecular weight is 235 g/mol. The molecule has 1 heterocycles. The van der Waals surface area contributed by atoms with E-state index in [4.69, 9.17) is 0 Å². The first-order valence-corrected chi connectivity index (χ1v) is 6.01. The van der Waals surface area contributed by atoms with Crippen LogP contribution in [0.3, 0.4) is 0 Å². The largest absolute Gasteiger partial charge is 0.341 e. The van der Waals surface area contributed by atoms with Gasteiger partial charge in [-0.3, -0.25) is 9.89 Å². The lowest BCUT2D eigenvalue weighted by molar-refractivity contribution is -0.133. The molecule has 0 bridgehead atoms. The van der Waals surface area contributed by atoms with E-state index in [0.717, 1.165) is 5.56 Å². The van der Waals surface area contributed by atoms with E-state index < -0.39 is 0 Å². The molecule has 1 fully saturated rings. The summed E-state index contributed by atoms with van der Waals surface area (Å²) in [5, 5.41) is 6.65. The number of hydrogen-bond donors (Lipinski definition) is 1. The third kappa shape index (κ3) is 1.75. The second-order valence-corrected chi connectivity index (χ2v) is 6.18. The molecule has 94 valence electrons. The van der Waals surface area contributed by atoms with E-state index in [9.17, 15) is 4.79 Å². The van der Waals surface area contributed by atoms with E-state index in [1.165, 1.54) is 0 Å². The van der Waals surface area contributed by atoms with Gasteiger partial charge in [0.2, 0.25) is 5.91 Å². The summed E-state index contributed by atoms with van der Waals surface area (Å²) in [6.45, 7) is 9.29. The van der Waals surface area contributed by atoms with Crippen LogP contribution in [0.1, 0.15) is 33.3 Å². The molecule has 1 aliphatic rings. The van der Waals surface area contributed by atoms with Gasteiger partial charge in [-0.2, -0.15) is 5.10 Å². The lowest BCUT2D eigenvalue weighted by atomic mass is 10.0. The molecule has 1 aliphatic carbocycles. The molecule has 1 saturated carbocycles. The lowest BCUT2D eigenvalue weighted by Gasteiger charge is -2.17. The molecule has 0 spiro atoms. The highest BCUT2D eigenvalue weighted by atomic mass is 16.2. The van der Waals surface area contributed by atoms with E-state index in [2.05, 4.69) is 37.9 Å². The van der Waals surface area contributed by atoms with E-state index in [-0.39, 0.29) is 22.7 Å². The first-order valence-electron chi connectivity index (χ1n) is 6.01. The molecule has 0 radical (unpaired) electrons. The van der Waals surface area contributed by atoms with Crippen molar-refractivity contribution in [3.8, 4) is 0 Å². The fraction of sp³-hybridized carbons (Fsp3) is 0.692. The Kier molecular flexibility index (Phi) is 2.56. The minimum atomic E-state index is 0.106. The van der Waals surface area contributed by atoms with Gasteiger partial charge in [0.25, 0.3) is 0 Å². The maximum absolute atomic E-state index is 12.4. The Morgan fingerprint density at radius 1 is 1.41 bits per heavy atom. The summed E-state index contributed by atoms with van der Waals surface area (Å²) < 4.78 is 0. The fourth-order valence-electron chi connectivity index (χ4n) is 2.75. The first-order chi connectivity index (χ1) is 7.78. The summed E-state index contributed by atoms with van der Waals surface area (Å²) in [5.41, 5.74) is 1.25. The number of rotatable bonds is 3. The Morgan fingerprint density at radius 2 is 2.00 bits per heavy atom. The number of amides is 1. The van der Waals surface area contributed by atoms with E-state index in [1.54, 1.807) is 11.1 Å². The summed E-state index contributed by atoms with van der Waals surface area (Å²) in [4.78, 5) is 14.2. The second kappa shape index (κ2) is 3.59. The van der Waals surface area contributed by atoms with Crippen LogP contribution in [0, 0.1) is 16.7 Å². The van der Waals surface area contributed by atoms with Crippen LogP contribution in [0.15, 0.2) is 12.4 Å². The van der Waals surface area contributed by atoms with Gasteiger partial charge in [-0.25, -0.2) is 0 Å². The molecule has 0 aliphatic heterocycles. The van der Waals surface area contributed by atoms with E-state index in [0.29, 0.717) is 6.54 Å². The molecule has 1 amide bonds. The van der Waals surface area contributed by atoms with Crippen molar-refractivity contribution in [1.29, 1.82) is 0 Å². The second-order valence-electron chi connectivity index (χ2n) is 6.18. The Morgan fingerprint density at radius 3 is 2.41 bits per heavy atom. The van der Waals surface area contributed by atoms with E-state index in [1.807, 2.05) is 13.2 Å². The summed E-state index contributed by atoms with van der Waals surface area (Å²) in [5.74, 6) is 0.369. The Balaban J connectivity index is 2.03. The van der Waals surface area contributed by atoms with Gasteiger partial charge in [0.15, 0.2) is 0 Å². The quantitative estimate of drug-likeness (QED) is 0.871. The SMILES string of the molecule is CN(Cc1cn[nH]c1)C(=O)C1C(C)(C)C1(C)C. The van der Waals surface area contributed by atoms with Crippen LogP contribution in [-0.2, 0) is 11.3 Å².